The highest BCUT2D eigenvalue weighted by atomic mass is 35.5. The van der Waals surface area contributed by atoms with E-state index < -0.39 is 72.1 Å². The van der Waals surface area contributed by atoms with Gasteiger partial charge in [-0.1, -0.05) is 59.6 Å². The van der Waals surface area contributed by atoms with E-state index in [1.807, 2.05) is 29.0 Å². The van der Waals surface area contributed by atoms with Gasteiger partial charge >= 0.3 is 6.09 Å². The highest BCUT2D eigenvalue weighted by Crippen LogP contribution is 2.30. The van der Waals surface area contributed by atoms with E-state index in [4.69, 9.17) is 37.4 Å². The molecule has 2 N–H and O–H groups in total. The molecule has 0 unspecified atom stereocenters. The van der Waals surface area contributed by atoms with Gasteiger partial charge in [-0.05, 0) is 98.1 Å². The number of nitrogens with one attached hydrogen (secondary N) is 2. The summed E-state index contributed by atoms with van der Waals surface area (Å²) >= 11 is 11.9. The number of benzene rings is 5. The number of likely N-dealkylation sites (tertiary alicyclic amines) is 1. The van der Waals surface area contributed by atoms with Crippen molar-refractivity contribution in [2.45, 2.75) is 62.3 Å². The van der Waals surface area contributed by atoms with E-state index in [-0.39, 0.29) is 30.1 Å². The molecule has 20 heteroatoms. The summed E-state index contributed by atoms with van der Waals surface area (Å²) in [5.74, 6) is -0.970. The third-order valence-electron chi connectivity index (χ3n) is 9.47. The zero-order valence-electron chi connectivity index (χ0n) is 33.7. The number of non-ortho nitro benzene ring substituents is 1. The van der Waals surface area contributed by atoms with Crippen molar-refractivity contribution in [3.63, 3.8) is 0 Å². The number of hydrogen-bond acceptors (Lipinski definition) is 12. The van der Waals surface area contributed by atoms with Crippen molar-refractivity contribution in [2.75, 3.05) is 6.54 Å². The monoisotopic (exact) mass is 919 g/mol. The SMILES string of the molecule is CC(C)(C)OC(=O)N1C[C@@H](Oc2ccc(-c3ccc(Cl)cc3)cc2)C[C@H]1C(=O)N[C@@H](Cc1ccc(Oc2ccc([N+](=O)[O-])cc2)cc1)C(=O)NS(=O)(=O)c1ccc(Cl)c([N+](=O)[O-])c1. The topological polar surface area (TPSA) is 227 Å². The summed E-state index contributed by atoms with van der Waals surface area (Å²) in [6.45, 7) is 4.89. The predicted octanol–water partition coefficient (Wildman–Crippen LogP) is 8.26. The van der Waals surface area contributed by atoms with E-state index >= 15 is 0 Å². The molecule has 5 aromatic rings. The van der Waals surface area contributed by atoms with E-state index in [9.17, 15) is 43.0 Å². The number of nitro groups is 2. The van der Waals surface area contributed by atoms with Crippen molar-refractivity contribution in [1.29, 1.82) is 0 Å². The Labute approximate surface area is 371 Å². The third-order valence-corrected chi connectivity index (χ3v) is 11.4. The van der Waals surface area contributed by atoms with Gasteiger partial charge in [0.15, 0.2) is 0 Å². The lowest BCUT2D eigenvalue weighted by atomic mass is 10.0. The fourth-order valence-corrected chi connectivity index (χ4v) is 7.81. The number of sulfonamides is 1. The molecular weight excluding hydrogens is 881 g/mol. The van der Waals surface area contributed by atoms with Crippen molar-refractivity contribution in [1.82, 2.24) is 14.9 Å². The number of nitro benzene ring substituents is 2. The Morgan fingerprint density at radius 1 is 0.810 bits per heavy atom. The average Bonchev–Trinajstić information content (AvgIpc) is 3.65. The summed E-state index contributed by atoms with van der Waals surface area (Å²) < 4.78 is 46.5. The molecule has 6 rings (SSSR count). The molecule has 0 aliphatic carbocycles. The van der Waals surface area contributed by atoms with Crippen molar-refractivity contribution < 1.29 is 46.9 Å². The van der Waals surface area contributed by atoms with Gasteiger partial charge < -0.3 is 19.5 Å². The maximum absolute atomic E-state index is 14.3. The number of amides is 3. The molecule has 5 aromatic carbocycles. The highest BCUT2D eigenvalue weighted by Gasteiger charge is 2.44. The van der Waals surface area contributed by atoms with Gasteiger partial charge in [0, 0.05) is 36.1 Å². The zero-order chi connectivity index (χ0) is 45.6. The van der Waals surface area contributed by atoms with Gasteiger partial charge in [-0.2, -0.15) is 0 Å². The summed E-state index contributed by atoms with van der Waals surface area (Å²) in [5.41, 5.74) is 0.444. The molecule has 63 heavy (non-hydrogen) atoms. The molecule has 0 radical (unpaired) electrons. The smallest absolute Gasteiger partial charge is 0.411 e. The number of halogens is 2. The molecule has 1 aliphatic heterocycles. The Bertz CT molecular complexity index is 2630. The van der Waals surface area contributed by atoms with Crippen molar-refractivity contribution in [3.8, 4) is 28.4 Å². The first-order valence-corrected chi connectivity index (χ1v) is 21.3. The van der Waals surface area contributed by atoms with Crippen LogP contribution in [-0.4, -0.2) is 71.4 Å². The summed E-state index contributed by atoms with van der Waals surface area (Å²) in [7, 11) is -4.77. The number of hydrogen-bond donors (Lipinski definition) is 2. The van der Waals surface area contributed by atoms with Crippen molar-refractivity contribution >= 4 is 62.5 Å². The Morgan fingerprint density at radius 2 is 1.38 bits per heavy atom. The van der Waals surface area contributed by atoms with Crippen LogP contribution in [0.5, 0.6) is 17.2 Å². The normalized spacial score (nSPS) is 15.5. The Hall–Kier alpha value is -6.76. The minimum Gasteiger partial charge on any atom is -0.488 e. The molecule has 0 saturated carbocycles. The molecule has 3 atom stereocenters. The fraction of sp³-hybridized carbons (Fsp3) is 0.233. The van der Waals surface area contributed by atoms with Crippen LogP contribution in [0.1, 0.15) is 32.8 Å². The number of carbonyl (C=O) groups excluding carboxylic acids is 3. The molecule has 1 aliphatic rings. The van der Waals surface area contributed by atoms with Gasteiger partial charge in [-0.25, -0.2) is 17.9 Å². The standard InChI is InChI=1S/C43H39Cl2N5O12S/c1-43(2,3)62-42(53)48-25-34(61-32-16-8-28(9-17-32)27-6-10-29(44)11-7-27)23-39(48)41(52)46-37(40(51)47-63(58,59)35-20-21-36(45)38(24-35)50(56)57)22-26-4-14-31(15-5-26)60-33-18-12-30(13-19-33)49(54)55/h4-21,24,34,37,39H,22-23,25H2,1-3H3,(H,46,52)(H,47,51)/t34-,37-,39-/m0/s1. The largest absolute Gasteiger partial charge is 0.488 e. The Kier molecular flexibility index (Phi) is 13.9. The van der Waals surface area contributed by atoms with E-state index in [0.29, 0.717) is 33.9 Å². The summed E-state index contributed by atoms with van der Waals surface area (Å²) in [6, 6.07) is 25.8. The van der Waals surface area contributed by atoms with Crippen LogP contribution in [-0.2, 0) is 30.8 Å². The van der Waals surface area contributed by atoms with Crippen molar-refractivity contribution in [3.05, 3.63) is 151 Å². The van der Waals surface area contributed by atoms with Gasteiger partial charge in [0.1, 0.15) is 46.1 Å². The molecule has 17 nitrogen and oxygen atoms in total. The van der Waals surface area contributed by atoms with Crippen LogP contribution < -0.4 is 19.5 Å². The van der Waals surface area contributed by atoms with Gasteiger partial charge in [0.05, 0.1) is 21.3 Å². The van der Waals surface area contributed by atoms with Crippen LogP contribution in [0.25, 0.3) is 11.1 Å². The molecule has 1 saturated heterocycles. The maximum atomic E-state index is 14.3. The van der Waals surface area contributed by atoms with Gasteiger partial charge in [0.25, 0.3) is 27.3 Å². The molecule has 3 amide bonds. The Balaban J connectivity index is 1.24. The van der Waals surface area contributed by atoms with Gasteiger partial charge in [-0.3, -0.25) is 34.7 Å². The average molecular weight is 921 g/mol. The molecular formula is C43H39Cl2N5O12S. The summed E-state index contributed by atoms with van der Waals surface area (Å²) in [4.78, 5) is 63.4. The first-order valence-electron chi connectivity index (χ1n) is 19.1. The fourth-order valence-electron chi connectivity index (χ4n) is 6.45. The quantitative estimate of drug-likeness (QED) is 0.0793. The first kappa shape index (κ1) is 45.8. The number of nitrogens with zero attached hydrogens (tertiary/aromatic N) is 3. The van der Waals surface area contributed by atoms with Crippen LogP contribution in [0.15, 0.2) is 120 Å². The number of rotatable bonds is 14. The second kappa shape index (κ2) is 19.1. The third kappa shape index (κ3) is 12.0. The van der Waals surface area contributed by atoms with E-state index in [0.717, 1.165) is 23.3 Å². The molecule has 0 aromatic heterocycles. The summed E-state index contributed by atoms with van der Waals surface area (Å²) in [5, 5.41) is 25.4. The lowest BCUT2D eigenvalue weighted by Crippen LogP contribution is -2.55. The minimum absolute atomic E-state index is 0.0419. The van der Waals surface area contributed by atoms with Gasteiger partial charge in [-0.15, -0.1) is 0 Å². The molecule has 328 valence electrons. The lowest BCUT2D eigenvalue weighted by molar-refractivity contribution is -0.385. The Morgan fingerprint density at radius 3 is 1.95 bits per heavy atom. The van der Waals surface area contributed by atoms with Crippen LogP contribution in [0.3, 0.4) is 0 Å². The second-order valence-electron chi connectivity index (χ2n) is 15.3. The van der Waals surface area contributed by atoms with Crippen LogP contribution >= 0.6 is 23.2 Å². The van der Waals surface area contributed by atoms with Gasteiger partial charge in [0.2, 0.25) is 5.91 Å². The van der Waals surface area contributed by atoms with E-state index in [1.54, 1.807) is 57.2 Å². The highest BCUT2D eigenvalue weighted by molar-refractivity contribution is 7.90. The van der Waals surface area contributed by atoms with Crippen LogP contribution in [0, 0.1) is 20.2 Å². The van der Waals surface area contributed by atoms with Crippen LogP contribution in [0.4, 0.5) is 16.2 Å². The molecule has 0 bridgehead atoms. The lowest BCUT2D eigenvalue weighted by Gasteiger charge is -2.28. The zero-order valence-corrected chi connectivity index (χ0v) is 36.1. The molecule has 1 heterocycles. The molecule has 1 fully saturated rings. The molecule has 0 spiro atoms. The first-order chi connectivity index (χ1) is 29.7. The number of ether oxygens (including phenoxy) is 3. The number of carbonyl (C=O) groups is 3. The van der Waals surface area contributed by atoms with E-state index in [2.05, 4.69) is 5.32 Å². The van der Waals surface area contributed by atoms with Crippen molar-refractivity contribution in [2.24, 2.45) is 0 Å². The summed E-state index contributed by atoms with van der Waals surface area (Å²) in [6.07, 6.45) is -1.88. The van der Waals surface area contributed by atoms with E-state index in [1.165, 1.54) is 41.3 Å². The maximum Gasteiger partial charge on any atom is 0.411 e. The predicted molar refractivity (Wildman–Crippen MR) is 231 cm³/mol. The minimum atomic E-state index is -4.77. The second-order valence-corrected chi connectivity index (χ2v) is 17.8. The van der Waals surface area contributed by atoms with Crippen LogP contribution in [0.2, 0.25) is 10.0 Å².